The van der Waals surface area contributed by atoms with E-state index in [2.05, 4.69) is 4.74 Å². The van der Waals surface area contributed by atoms with Gasteiger partial charge in [-0.05, 0) is 32.4 Å². The Morgan fingerprint density at radius 3 is 2.87 bits per heavy atom. The van der Waals surface area contributed by atoms with Gasteiger partial charge >= 0.3 is 5.97 Å². The van der Waals surface area contributed by atoms with Crippen LogP contribution in [-0.2, 0) is 11.2 Å². The lowest BCUT2D eigenvalue weighted by Crippen LogP contribution is -2.00. The summed E-state index contributed by atoms with van der Waals surface area (Å²) < 4.78 is 10.1. The third-order valence-corrected chi connectivity index (χ3v) is 2.25. The van der Waals surface area contributed by atoms with Crippen molar-refractivity contribution in [2.24, 2.45) is 5.73 Å². The summed E-state index contributed by atoms with van der Waals surface area (Å²) in [6.07, 6.45) is 2.76. The van der Waals surface area contributed by atoms with E-state index in [1.54, 1.807) is 13.0 Å². The summed E-state index contributed by atoms with van der Waals surface area (Å²) in [5.74, 6) is 1.09. The van der Waals surface area contributed by atoms with E-state index in [0.29, 0.717) is 17.9 Å². The maximum absolute atomic E-state index is 11.3. The Hall–Kier alpha value is -1.29. The van der Waals surface area contributed by atoms with Gasteiger partial charge in [0.05, 0.1) is 7.11 Å². The van der Waals surface area contributed by atoms with Crippen LogP contribution in [0.5, 0.6) is 0 Å². The molecule has 0 fully saturated rings. The molecule has 1 rings (SSSR count). The Morgan fingerprint density at radius 1 is 1.53 bits per heavy atom. The second kappa shape index (κ2) is 5.56. The fraction of sp³-hybridized carbons (Fsp3) is 0.545. The third-order valence-electron chi connectivity index (χ3n) is 2.25. The number of ether oxygens (including phenoxy) is 1. The molecule has 0 radical (unpaired) electrons. The first-order chi connectivity index (χ1) is 7.19. The molecule has 0 unspecified atom stereocenters. The van der Waals surface area contributed by atoms with Crippen molar-refractivity contribution in [3.05, 3.63) is 23.2 Å². The molecule has 0 bridgehead atoms. The molecular formula is C11H17NO3. The number of rotatable bonds is 5. The summed E-state index contributed by atoms with van der Waals surface area (Å²) in [7, 11) is 1.36. The molecule has 0 amide bonds. The fourth-order valence-corrected chi connectivity index (χ4v) is 1.42. The number of carbonyl (C=O) groups is 1. The highest BCUT2D eigenvalue weighted by Crippen LogP contribution is 2.17. The van der Waals surface area contributed by atoms with Crippen molar-refractivity contribution in [3.63, 3.8) is 0 Å². The molecule has 15 heavy (non-hydrogen) atoms. The normalized spacial score (nSPS) is 10.3. The molecular weight excluding hydrogens is 194 g/mol. The molecule has 0 aromatic carbocycles. The monoisotopic (exact) mass is 211 g/mol. The number of esters is 1. The standard InChI is InChI=1S/C11H17NO3/c1-8-10(11(13)14-2)7-9(15-8)5-3-4-6-12/h7H,3-6,12H2,1-2H3. The summed E-state index contributed by atoms with van der Waals surface area (Å²) in [5, 5.41) is 0. The Kier molecular flexibility index (Phi) is 4.37. The fourth-order valence-electron chi connectivity index (χ4n) is 1.42. The number of carbonyl (C=O) groups excluding carboxylic acids is 1. The van der Waals surface area contributed by atoms with Crippen LogP contribution >= 0.6 is 0 Å². The van der Waals surface area contributed by atoms with Crippen molar-refractivity contribution in [1.82, 2.24) is 0 Å². The predicted molar refractivity (Wildman–Crippen MR) is 56.8 cm³/mol. The van der Waals surface area contributed by atoms with Crippen LogP contribution in [0.3, 0.4) is 0 Å². The van der Waals surface area contributed by atoms with Crippen LogP contribution in [0.25, 0.3) is 0 Å². The lowest BCUT2D eigenvalue weighted by molar-refractivity contribution is 0.0599. The van der Waals surface area contributed by atoms with Crippen LogP contribution in [0, 0.1) is 6.92 Å². The predicted octanol–water partition coefficient (Wildman–Crippen LogP) is 1.66. The van der Waals surface area contributed by atoms with Gasteiger partial charge < -0.3 is 14.9 Å². The summed E-state index contributed by atoms with van der Waals surface area (Å²) in [6, 6.07) is 1.75. The van der Waals surface area contributed by atoms with Crippen LogP contribution in [0.15, 0.2) is 10.5 Å². The van der Waals surface area contributed by atoms with Gasteiger partial charge in [-0.1, -0.05) is 0 Å². The smallest absolute Gasteiger partial charge is 0.341 e. The largest absolute Gasteiger partial charge is 0.465 e. The van der Waals surface area contributed by atoms with Crippen molar-refractivity contribution >= 4 is 5.97 Å². The lowest BCUT2D eigenvalue weighted by Gasteiger charge is -1.94. The highest BCUT2D eigenvalue weighted by molar-refractivity contribution is 5.90. The van der Waals surface area contributed by atoms with Gasteiger partial charge in [0.15, 0.2) is 0 Å². The molecule has 0 atom stereocenters. The van der Waals surface area contributed by atoms with Gasteiger partial charge in [0.2, 0.25) is 0 Å². The first kappa shape index (κ1) is 11.8. The molecule has 0 saturated heterocycles. The average molecular weight is 211 g/mol. The number of hydrogen-bond acceptors (Lipinski definition) is 4. The van der Waals surface area contributed by atoms with Gasteiger partial charge in [-0.25, -0.2) is 4.79 Å². The Bertz CT molecular complexity index is 331. The Labute approximate surface area is 89.4 Å². The summed E-state index contributed by atoms with van der Waals surface area (Å²) in [5.41, 5.74) is 5.91. The van der Waals surface area contributed by atoms with E-state index >= 15 is 0 Å². The minimum atomic E-state index is -0.346. The van der Waals surface area contributed by atoms with Crippen molar-refractivity contribution < 1.29 is 13.9 Å². The second-order valence-electron chi connectivity index (χ2n) is 3.42. The van der Waals surface area contributed by atoms with Crippen LogP contribution < -0.4 is 5.73 Å². The lowest BCUT2D eigenvalue weighted by atomic mass is 10.2. The first-order valence-corrected chi connectivity index (χ1v) is 5.06. The van der Waals surface area contributed by atoms with E-state index in [9.17, 15) is 4.79 Å². The quantitative estimate of drug-likeness (QED) is 0.594. The zero-order valence-electron chi connectivity index (χ0n) is 9.21. The summed E-state index contributed by atoms with van der Waals surface area (Å²) >= 11 is 0. The van der Waals surface area contributed by atoms with Crippen molar-refractivity contribution in [2.75, 3.05) is 13.7 Å². The molecule has 0 aliphatic carbocycles. The number of methoxy groups -OCH3 is 1. The summed E-state index contributed by atoms with van der Waals surface area (Å²) in [6.45, 7) is 2.45. The molecule has 4 heteroatoms. The molecule has 0 spiro atoms. The highest BCUT2D eigenvalue weighted by Gasteiger charge is 2.14. The van der Waals surface area contributed by atoms with E-state index in [-0.39, 0.29) is 5.97 Å². The maximum Gasteiger partial charge on any atom is 0.341 e. The van der Waals surface area contributed by atoms with E-state index in [0.717, 1.165) is 25.0 Å². The highest BCUT2D eigenvalue weighted by atomic mass is 16.5. The van der Waals surface area contributed by atoms with Gasteiger partial charge in [0.1, 0.15) is 17.1 Å². The van der Waals surface area contributed by atoms with Gasteiger partial charge in [0.25, 0.3) is 0 Å². The number of furan rings is 1. The van der Waals surface area contributed by atoms with Crippen LogP contribution in [-0.4, -0.2) is 19.6 Å². The minimum Gasteiger partial charge on any atom is -0.465 e. The summed E-state index contributed by atoms with van der Waals surface area (Å²) in [4.78, 5) is 11.3. The van der Waals surface area contributed by atoms with Crippen molar-refractivity contribution in [1.29, 1.82) is 0 Å². The van der Waals surface area contributed by atoms with E-state index in [1.165, 1.54) is 7.11 Å². The molecule has 0 aliphatic rings. The molecule has 2 N–H and O–H groups in total. The molecule has 0 aliphatic heterocycles. The molecule has 0 saturated carbocycles. The van der Waals surface area contributed by atoms with Gasteiger partial charge in [-0.2, -0.15) is 0 Å². The van der Waals surface area contributed by atoms with Crippen LogP contribution in [0.2, 0.25) is 0 Å². The SMILES string of the molecule is COC(=O)c1cc(CCCCN)oc1C. The third kappa shape index (κ3) is 3.09. The number of aryl methyl sites for hydroxylation is 2. The Balaban J connectivity index is 2.64. The topological polar surface area (TPSA) is 65.5 Å². The van der Waals surface area contributed by atoms with Gasteiger partial charge in [-0.3, -0.25) is 0 Å². The molecule has 84 valence electrons. The van der Waals surface area contributed by atoms with Crippen molar-refractivity contribution in [3.8, 4) is 0 Å². The number of hydrogen-bond donors (Lipinski definition) is 1. The number of nitrogens with two attached hydrogens (primary N) is 1. The Morgan fingerprint density at radius 2 is 2.27 bits per heavy atom. The van der Waals surface area contributed by atoms with Crippen LogP contribution in [0.4, 0.5) is 0 Å². The van der Waals surface area contributed by atoms with Gasteiger partial charge in [0, 0.05) is 6.42 Å². The van der Waals surface area contributed by atoms with Gasteiger partial charge in [-0.15, -0.1) is 0 Å². The van der Waals surface area contributed by atoms with Crippen molar-refractivity contribution in [2.45, 2.75) is 26.2 Å². The van der Waals surface area contributed by atoms with E-state index in [4.69, 9.17) is 10.2 Å². The second-order valence-corrected chi connectivity index (χ2v) is 3.42. The zero-order valence-corrected chi connectivity index (χ0v) is 9.21. The van der Waals surface area contributed by atoms with E-state index in [1.807, 2.05) is 0 Å². The average Bonchev–Trinajstić information content (AvgIpc) is 2.59. The molecule has 1 aromatic heterocycles. The first-order valence-electron chi connectivity index (χ1n) is 5.06. The van der Waals surface area contributed by atoms with Crippen LogP contribution in [0.1, 0.15) is 34.7 Å². The maximum atomic E-state index is 11.3. The molecule has 1 aromatic rings. The number of unbranched alkanes of at least 4 members (excludes halogenated alkanes) is 1. The van der Waals surface area contributed by atoms with E-state index < -0.39 is 0 Å². The minimum absolute atomic E-state index is 0.346. The zero-order chi connectivity index (χ0) is 11.3. The molecule has 4 nitrogen and oxygen atoms in total. The molecule has 1 heterocycles.